The molecule has 0 aliphatic carbocycles. The lowest BCUT2D eigenvalue weighted by atomic mass is 10.0. The van der Waals surface area contributed by atoms with Crippen molar-refractivity contribution in [2.45, 2.75) is 51.3 Å². The van der Waals surface area contributed by atoms with Crippen LogP contribution >= 0.6 is 0 Å². The number of amides is 1. The Morgan fingerprint density at radius 3 is 2.21 bits per heavy atom. The first kappa shape index (κ1) is 21.9. The number of nitrogens with one attached hydrogen (secondary N) is 2. The van der Waals surface area contributed by atoms with Gasteiger partial charge in [-0.3, -0.25) is 10.2 Å². The fourth-order valence-corrected chi connectivity index (χ4v) is 3.50. The molecule has 2 rings (SSSR count). The van der Waals surface area contributed by atoms with Crippen molar-refractivity contribution in [2.24, 2.45) is 0 Å². The third-order valence-electron chi connectivity index (χ3n) is 4.33. The Hall–Kier alpha value is -2.38. The van der Waals surface area contributed by atoms with Crippen molar-refractivity contribution in [1.82, 2.24) is 10.3 Å². The maximum atomic E-state index is 12.3. The zero-order valence-corrected chi connectivity index (χ0v) is 17.8. The summed E-state index contributed by atoms with van der Waals surface area (Å²) in [6.45, 7) is 9.78. The zero-order chi connectivity index (χ0) is 20.9. The van der Waals surface area contributed by atoms with Crippen molar-refractivity contribution in [3.63, 3.8) is 0 Å². The Balaban J connectivity index is 1.96. The summed E-state index contributed by atoms with van der Waals surface area (Å²) in [5.74, 6) is 0.584. The van der Waals surface area contributed by atoms with Gasteiger partial charge in [0.25, 0.3) is 15.9 Å². The van der Waals surface area contributed by atoms with Gasteiger partial charge >= 0.3 is 0 Å². The van der Waals surface area contributed by atoms with E-state index in [1.54, 1.807) is 12.1 Å². The molecule has 2 aromatic carbocycles. The summed E-state index contributed by atoms with van der Waals surface area (Å²) in [5, 5.41) is 0. The molecular weight excluding hydrogens is 376 g/mol. The molecule has 0 atom stereocenters. The van der Waals surface area contributed by atoms with Crippen molar-refractivity contribution >= 4 is 15.9 Å². The van der Waals surface area contributed by atoms with Crippen LogP contribution in [0.2, 0.25) is 0 Å². The molecule has 152 valence electrons. The van der Waals surface area contributed by atoms with E-state index in [2.05, 4.69) is 10.3 Å². The van der Waals surface area contributed by atoms with Crippen LogP contribution in [0.4, 0.5) is 0 Å². The van der Waals surface area contributed by atoms with E-state index in [4.69, 9.17) is 4.74 Å². The average molecular weight is 405 g/mol. The largest absolute Gasteiger partial charge is 0.483 e. The van der Waals surface area contributed by atoms with Gasteiger partial charge in [-0.05, 0) is 53.6 Å². The summed E-state index contributed by atoms with van der Waals surface area (Å²) in [6.07, 6.45) is 0. The van der Waals surface area contributed by atoms with E-state index in [0.717, 1.165) is 16.7 Å². The van der Waals surface area contributed by atoms with Crippen molar-refractivity contribution < 1.29 is 17.9 Å². The second-order valence-corrected chi connectivity index (χ2v) is 9.04. The first-order chi connectivity index (χ1) is 13.1. The minimum atomic E-state index is -3.85. The van der Waals surface area contributed by atoms with Crippen molar-refractivity contribution in [3.8, 4) is 5.75 Å². The second kappa shape index (κ2) is 9.21. The average Bonchev–Trinajstić information content (AvgIpc) is 2.64. The van der Waals surface area contributed by atoms with Crippen molar-refractivity contribution in [2.75, 3.05) is 6.61 Å². The Morgan fingerprint density at radius 2 is 1.64 bits per heavy atom. The molecule has 2 aromatic rings. The first-order valence-corrected chi connectivity index (χ1v) is 10.7. The number of ether oxygens (including phenoxy) is 1. The summed E-state index contributed by atoms with van der Waals surface area (Å²) in [6, 6.07) is 12.4. The van der Waals surface area contributed by atoms with Gasteiger partial charge in [-0.25, -0.2) is 8.42 Å². The van der Waals surface area contributed by atoms with Crippen LogP contribution in [0.1, 0.15) is 56.2 Å². The van der Waals surface area contributed by atoms with E-state index in [1.165, 1.54) is 12.1 Å². The second-order valence-electron chi connectivity index (χ2n) is 7.36. The molecule has 0 aliphatic heterocycles. The minimum absolute atomic E-state index is 0.0823. The van der Waals surface area contributed by atoms with E-state index in [-0.39, 0.29) is 17.4 Å². The topological polar surface area (TPSA) is 84.5 Å². The van der Waals surface area contributed by atoms with Gasteiger partial charge in [0.05, 0.1) is 4.90 Å². The molecule has 0 unspecified atom stereocenters. The summed E-state index contributed by atoms with van der Waals surface area (Å²) >= 11 is 0. The summed E-state index contributed by atoms with van der Waals surface area (Å²) in [5.41, 5.74) is 5.24. The molecule has 0 bridgehead atoms. The van der Waals surface area contributed by atoms with Crippen molar-refractivity contribution in [3.05, 3.63) is 59.2 Å². The van der Waals surface area contributed by atoms with Crippen molar-refractivity contribution in [1.29, 1.82) is 0 Å². The number of benzene rings is 2. The maximum Gasteiger partial charge on any atom is 0.272 e. The summed E-state index contributed by atoms with van der Waals surface area (Å²) < 4.78 is 30.2. The highest BCUT2D eigenvalue weighted by atomic mass is 32.2. The highest BCUT2D eigenvalue weighted by Gasteiger charge is 2.16. The minimum Gasteiger partial charge on any atom is -0.483 e. The number of hydrogen-bond donors (Lipinski definition) is 2. The smallest absolute Gasteiger partial charge is 0.272 e. The van der Waals surface area contributed by atoms with Gasteiger partial charge in [-0.15, -0.1) is 4.83 Å². The van der Waals surface area contributed by atoms with Gasteiger partial charge < -0.3 is 4.74 Å². The molecule has 0 spiro atoms. The number of carbonyl (C=O) groups is 1. The maximum absolute atomic E-state index is 12.3. The lowest BCUT2D eigenvalue weighted by molar-refractivity contribution is -0.123. The molecule has 6 nitrogen and oxygen atoms in total. The molecule has 2 N–H and O–H groups in total. The Morgan fingerprint density at radius 1 is 1.00 bits per heavy atom. The van der Waals surface area contributed by atoms with E-state index in [1.807, 2.05) is 52.8 Å². The number of hydrogen-bond acceptors (Lipinski definition) is 4. The van der Waals surface area contributed by atoms with Crippen LogP contribution in [-0.4, -0.2) is 20.9 Å². The Labute approximate surface area is 167 Å². The van der Waals surface area contributed by atoms with Crippen LogP contribution in [0.15, 0.2) is 47.4 Å². The predicted molar refractivity (Wildman–Crippen MR) is 110 cm³/mol. The molecule has 0 aromatic heterocycles. The lowest BCUT2D eigenvalue weighted by Gasteiger charge is -2.15. The van der Waals surface area contributed by atoms with Gasteiger partial charge in [0.2, 0.25) is 0 Å². The molecule has 0 heterocycles. The number of carbonyl (C=O) groups excluding carboxylic acids is 1. The molecule has 0 radical (unpaired) electrons. The van der Waals surface area contributed by atoms with Crippen LogP contribution in [0.3, 0.4) is 0 Å². The number of rotatable bonds is 8. The van der Waals surface area contributed by atoms with Crippen LogP contribution in [0.25, 0.3) is 0 Å². The predicted octanol–water partition coefficient (Wildman–Crippen LogP) is 3.63. The zero-order valence-electron chi connectivity index (χ0n) is 16.9. The molecule has 28 heavy (non-hydrogen) atoms. The Bertz CT molecular complexity index is 920. The highest BCUT2D eigenvalue weighted by Crippen LogP contribution is 2.27. The van der Waals surface area contributed by atoms with Crippen LogP contribution in [0.5, 0.6) is 5.75 Å². The highest BCUT2D eigenvalue weighted by molar-refractivity contribution is 7.89. The monoisotopic (exact) mass is 404 g/mol. The quantitative estimate of drug-likeness (QED) is 0.658. The third-order valence-corrected chi connectivity index (χ3v) is 5.60. The van der Waals surface area contributed by atoms with Gasteiger partial charge in [0, 0.05) is 0 Å². The fourth-order valence-electron chi connectivity index (χ4n) is 2.64. The van der Waals surface area contributed by atoms with Crippen LogP contribution in [-0.2, 0) is 14.8 Å². The van der Waals surface area contributed by atoms with Gasteiger partial charge in [0.15, 0.2) is 6.61 Å². The fraction of sp³-hybridized carbons (Fsp3) is 0.381. The molecule has 0 fully saturated rings. The van der Waals surface area contributed by atoms with E-state index in [0.29, 0.717) is 11.7 Å². The van der Waals surface area contributed by atoms with E-state index in [9.17, 15) is 13.2 Å². The molecule has 0 saturated heterocycles. The van der Waals surface area contributed by atoms with Crippen LogP contribution in [0, 0.1) is 6.92 Å². The van der Waals surface area contributed by atoms with E-state index >= 15 is 0 Å². The molecule has 0 saturated carbocycles. The van der Waals surface area contributed by atoms with Crippen LogP contribution < -0.4 is 15.0 Å². The molecular formula is C21H28N2O4S. The number of aryl methyl sites for hydroxylation is 1. The SMILES string of the molecule is Cc1ccc(C(C)C)c(OCC(=O)NNS(=O)(=O)c2ccc(C(C)C)cc2)c1. The molecule has 7 heteroatoms. The van der Waals surface area contributed by atoms with Gasteiger partial charge in [-0.2, -0.15) is 0 Å². The van der Waals surface area contributed by atoms with Gasteiger partial charge in [-0.1, -0.05) is 52.0 Å². The standard InChI is InChI=1S/C21H28N2O4S/c1-14(2)17-7-9-18(10-8-17)28(25,26)23-22-21(24)13-27-20-12-16(5)6-11-19(20)15(3)4/h6-12,14-15,23H,13H2,1-5H3,(H,22,24). The third kappa shape index (κ3) is 5.81. The van der Waals surface area contributed by atoms with Gasteiger partial charge in [0.1, 0.15) is 5.75 Å². The number of hydrazine groups is 1. The summed E-state index contributed by atoms with van der Waals surface area (Å²) in [7, 11) is -3.85. The first-order valence-electron chi connectivity index (χ1n) is 9.24. The molecule has 0 aliphatic rings. The number of sulfonamides is 1. The summed E-state index contributed by atoms with van der Waals surface area (Å²) in [4.78, 5) is 14.2. The molecule has 1 amide bonds. The lowest BCUT2D eigenvalue weighted by Crippen LogP contribution is -2.43. The van der Waals surface area contributed by atoms with E-state index < -0.39 is 15.9 Å². The normalized spacial score (nSPS) is 11.7. The Kier molecular flexibility index (Phi) is 7.21.